The van der Waals surface area contributed by atoms with Crippen molar-refractivity contribution in [3.8, 4) is 17.1 Å². The number of hydrogen-bond donors (Lipinski definition) is 1. The lowest BCUT2D eigenvalue weighted by Crippen LogP contribution is -2.01. The van der Waals surface area contributed by atoms with E-state index < -0.39 is 5.82 Å². The van der Waals surface area contributed by atoms with E-state index in [1.165, 1.54) is 16.8 Å². The third-order valence-electron chi connectivity index (χ3n) is 2.79. The van der Waals surface area contributed by atoms with Crippen LogP contribution in [0.15, 0.2) is 36.4 Å². The maximum absolute atomic E-state index is 13.5. The normalized spacial score (nSPS) is 10.8. The fourth-order valence-electron chi connectivity index (χ4n) is 1.90. The molecule has 8 heteroatoms. The fourth-order valence-corrected chi connectivity index (χ4v) is 2.32. The summed E-state index contributed by atoms with van der Waals surface area (Å²) in [7, 11) is 0. The zero-order chi connectivity index (χ0) is 15.0. The maximum Gasteiger partial charge on any atom is 0.188 e. The van der Waals surface area contributed by atoms with Crippen LogP contribution in [0.25, 0.3) is 17.1 Å². The van der Waals surface area contributed by atoms with Crippen molar-refractivity contribution >= 4 is 28.9 Å². The van der Waals surface area contributed by atoms with E-state index in [1.54, 1.807) is 24.3 Å². The molecule has 1 heterocycles. The van der Waals surface area contributed by atoms with Gasteiger partial charge < -0.3 is 5.73 Å². The van der Waals surface area contributed by atoms with Gasteiger partial charge in [0.25, 0.3) is 0 Å². The summed E-state index contributed by atoms with van der Waals surface area (Å²) >= 11 is 12.0. The molecule has 21 heavy (non-hydrogen) atoms. The summed E-state index contributed by atoms with van der Waals surface area (Å²) in [5.41, 5.74) is 7.20. The summed E-state index contributed by atoms with van der Waals surface area (Å²) in [6, 6.07) is 8.97. The van der Waals surface area contributed by atoms with Crippen LogP contribution in [0.4, 0.5) is 10.1 Å². The van der Waals surface area contributed by atoms with Gasteiger partial charge in [0.05, 0.1) is 10.7 Å². The molecule has 0 aliphatic carbocycles. The van der Waals surface area contributed by atoms with E-state index in [9.17, 15) is 4.39 Å². The Kier molecular flexibility index (Phi) is 3.48. The molecule has 0 saturated heterocycles. The van der Waals surface area contributed by atoms with Crippen LogP contribution < -0.4 is 5.73 Å². The van der Waals surface area contributed by atoms with Gasteiger partial charge in [0.2, 0.25) is 0 Å². The van der Waals surface area contributed by atoms with Gasteiger partial charge in [-0.2, -0.15) is 4.68 Å². The zero-order valence-electron chi connectivity index (χ0n) is 10.5. The number of aromatic nitrogens is 4. The highest BCUT2D eigenvalue weighted by molar-refractivity contribution is 6.33. The molecule has 0 aliphatic rings. The van der Waals surface area contributed by atoms with E-state index in [1.807, 2.05) is 0 Å². The van der Waals surface area contributed by atoms with Crippen LogP contribution in [-0.4, -0.2) is 20.2 Å². The predicted molar refractivity (Wildman–Crippen MR) is 79.0 cm³/mol. The van der Waals surface area contributed by atoms with Crippen molar-refractivity contribution < 1.29 is 4.39 Å². The highest BCUT2D eigenvalue weighted by Gasteiger charge is 2.15. The van der Waals surface area contributed by atoms with Gasteiger partial charge in [-0.25, -0.2) is 4.39 Å². The number of hydrogen-bond acceptors (Lipinski definition) is 4. The molecular weight excluding hydrogens is 316 g/mol. The second kappa shape index (κ2) is 5.31. The lowest BCUT2D eigenvalue weighted by Gasteiger charge is -2.07. The number of nitrogen functional groups attached to an aromatic ring is 1. The van der Waals surface area contributed by atoms with Crippen LogP contribution >= 0.6 is 23.2 Å². The Hall–Kier alpha value is -2.18. The van der Waals surface area contributed by atoms with E-state index in [4.69, 9.17) is 28.9 Å². The van der Waals surface area contributed by atoms with Crippen LogP contribution in [0, 0.1) is 5.82 Å². The van der Waals surface area contributed by atoms with Crippen molar-refractivity contribution in [1.29, 1.82) is 0 Å². The molecule has 0 saturated carbocycles. The Labute approximate surface area is 129 Å². The van der Waals surface area contributed by atoms with Gasteiger partial charge in [0, 0.05) is 16.3 Å². The summed E-state index contributed by atoms with van der Waals surface area (Å²) < 4.78 is 14.8. The van der Waals surface area contributed by atoms with E-state index in [-0.39, 0.29) is 5.02 Å². The monoisotopic (exact) mass is 323 g/mol. The largest absolute Gasteiger partial charge is 0.399 e. The molecule has 0 spiro atoms. The lowest BCUT2D eigenvalue weighted by atomic mass is 10.2. The zero-order valence-corrected chi connectivity index (χ0v) is 12.0. The summed E-state index contributed by atoms with van der Waals surface area (Å²) in [5.74, 6) is -0.147. The van der Waals surface area contributed by atoms with Gasteiger partial charge in [0.15, 0.2) is 5.82 Å². The molecule has 2 aromatic carbocycles. The average Bonchev–Trinajstić information content (AvgIpc) is 2.89. The second-order valence-electron chi connectivity index (χ2n) is 4.28. The van der Waals surface area contributed by atoms with Crippen LogP contribution in [-0.2, 0) is 0 Å². The van der Waals surface area contributed by atoms with Gasteiger partial charge in [-0.05, 0) is 46.8 Å². The van der Waals surface area contributed by atoms with Crippen LogP contribution in [0.1, 0.15) is 0 Å². The summed E-state index contributed by atoms with van der Waals surface area (Å²) in [5, 5.41) is 12.0. The van der Waals surface area contributed by atoms with E-state index in [0.717, 1.165) is 0 Å². The first-order chi connectivity index (χ1) is 10.0. The Bertz CT molecular complexity index is 798. The molecule has 0 bridgehead atoms. The van der Waals surface area contributed by atoms with Gasteiger partial charge in [-0.1, -0.05) is 23.2 Å². The van der Waals surface area contributed by atoms with Crippen LogP contribution in [0.3, 0.4) is 0 Å². The van der Waals surface area contributed by atoms with Crippen molar-refractivity contribution in [1.82, 2.24) is 20.2 Å². The highest BCUT2D eigenvalue weighted by Crippen LogP contribution is 2.29. The van der Waals surface area contributed by atoms with Crippen molar-refractivity contribution in [2.45, 2.75) is 0 Å². The van der Waals surface area contributed by atoms with Crippen molar-refractivity contribution in [2.75, 3.05) is 5.73 Å². The minimum absolute atomic E-state index is 0.241. The maximum atomic E-state index is 13.5. The number of halogens is 3. The van der Waals surface area contributed by atoms with E-state index in [2.05, 4.69) is 15.5 Å². The third-order valence-corrected chi connectivity index (χ3v) is 3.34. The highest BCUT2D eigenvalue weighted by atomic mass is 35.5. The first-order valence-corrected chi connectivity index (χ1v) is 6.60. The number of benzene rings is 2. The number of anilines is 1. The standard InChI is InChI=1S/C13H8Cl2FN5/c14-7-3-8(16)5-10(4-7)21-13(18-19-20-21)11-6-9(17)1-2-12(11)15/h1-6H,17H2. The smallest absolute Gasteiger partial charge is 0.188 e. The molecule has 5 nitrogen and oxygen atoms in total. The first kappa shape index (κ1) is 13.8. The minimum Gasteiger partial charge on any atom is -0.399 e. The number of rotatable bonds is 2. The molecule has 0 atom stereocenters. The molecule has 0 unspecified atom stereocenters. The Morgan fingerprint density at radius 3 is 2.67 bits per heavy atom. The molecule has 3 aromatic rings. The molecule has 0 radical (unpaired) electrons. The Morgan fingerprint density at radius 2 is 1.90 bits per heavy atom. The van der Waals surface area contributed by atoms with Gasteiger partial charge in [-0.15, -0.1) is 5.10 Å². The molecular formula is C13H8Cl2FN5. The summed E-state index contributed by atoms with van der Waals surface area (Å²) in [4.78, 5) is 0. The molecule has 0 amide bonds. The van der Waals surface area contributed by atoms with Gasteiger partial charge in [-0.3, -0.25) is 0 Å². The van der Waals surface area contributed by atoms with Crippen LogP contribution in [0.5, 0.6) is 0 Å². The second-order valence-corrected chi connectivity index (χ2v) is 5.12. The molecule has 0 fully saturated rings. The quantitative estimate of drug-likeness (QED) is 0.734. The minimum atomic E-state index is -0.488. The van der Waals surface area contributed by atoms with E-state index >= 15 is 0 Å². The average molecular weight is 324 g/mol. The summed E-state index contributed by atoms with van der Waals surface area (Å²) in [6.45, 7) is 0. The van der Waals surface area contributed by atoms with Crippen molar-refractivity contribution in [3.05, 3.63) is 52.3 Å². The molecule has 0 aliphatic heterocycles. The summed E-state index contributed by atoms with van der Waals surface area (Å²) in [6.07, 6.45) is 0. The molecule has 3 rings (SSSR count). The van der Waals surface area contributed by atoms with Gasteiger partial charge in [0.1, 0.15) is 5.82 Å². The fraction of sp³-hybridized carbons (Fsp3) is 0. The number of tetrazole rings is 1. The van der Waals surface area contributed by atoms with Crippen molar-refractivity contribution in [3.63, 3.8) is 0 Å². The Morgan fingerprint density at radius 1 is 1.10 bits per heavy atom. The van der Waals surface area contributed by atoms with Gasteiger partial charge >= 0.3 is 0 Å². The Balaban J connectivity index is 2.19. The third kappa shape index (κ3) is 2.68. The van der Waals surface area contributed by atoms with Crippen LogP contribution in [0.2, 0.25) is 10.0 Å². The first-order valence-electron chi connectivity index (χ1n) is 5.85. The predicted octanol–water partition coefficient (Wildman–Crippen LogP) is 3.36. The molecule has 2 N–H and O–H groups in total. The molecule has 106 valence electrons. The van der Waals surface area contributed by atoms with Crippen molar-refractivity contribution in [2.24, 2.45) is 0 Å². The molecule has 1 aromatic heterocycles. The number of nitrogens with zero attached hydrogens (tertiary/aromatic N) is 4. The van der Waals surface area contributed by atoms with E-state index in [0.29, 0.717) is 27.8 Å². The lowest BCUT2D eigenvalue weighted by molar-refractivity contribution is 0.625. The topological polar surface area (TPSA) is 69.6 Å². The number of nitrogens with two attached hydrogens (primary N) is 1. The SMILES string of the molecule is Nc1ccc(Cl)c(-c2nnnn2-c2cc(F)cc(Cl)c2)c1.